The number of likely N-dealkylation sites (N-methyl/N-ethyl adjacent to an activating group) is 1. The van der Waals surface area contributed by atoms with Crippen molar-refractivity contribution >= 4 is 17.2 Å². The molecular formula is C20H34N4O2S. The van der Waals surface area contributed by atoms with Crippen molar-refractivity contribution < 1.29 is 9.90 Å². The smallest absolute Gasteiger partial charge is 0.222 e. The van der Waals surface area contributed by atoms with Crippen molar-refractivity contribution in [3.63, 3.8) is 0 Å². The fourth-order valence-electron chi connectivity index (χ4n) is 4.46. The first-order chi connectivity index (χ1) is 13.1. The zero-order valence-corrected chi connectivity index (χ0v) is 17.6. The van der Waals surface area contributed by atoms with Gasteiger partial charge in [-0.25, -0.2) is 4.98 Å². The highest BCUT2D eigenvalue weighted by molar-refractivity contribution is 7.09. The number of thiazole rings is 1. The van der Waals surface area contributed by atoms with Gasteiger partial charge >= 0.3 is 0 Å². The molecule has 1 amide bonds. The summed E-state index contributed by atoms with van der Waals surface area (Å²) < 4.78 is 0. The summed E-state index contributed by atoms with van der Waals surface area (Å²) in [5.74, 6) is 0.747. The number of piperazine rings is 1. The maximum atomic E-state index is 12.8. The highest BCUT2D eigenvalue weighted by Crippen LogP contribution is 2.28. The summed E-state index contributed by atoms with van der Waals surface area (Å²) in [6.45, 7) is 8.46. The highest BCUT2D eigenvalue weighted by Gasteiger charge is 2.35. The van der Waals surface area contributed by atoms with Gasteiger partial charge in [0.1, 0.15) is 0 Å². The van der Waals surface area contributed by atoms with Crippen LogP contribution in [0.1, 0.15) is 36.3 Å². The average Bonchev–Trinajstić information content (AvgIpc) is 3.10. The zero-order chi connectivity index (χ0) is 19.2. The molecule has 1 aromatic rings. The van der Waals surface area contributed by atoms with Gasteiger partial charge in [0.15, 0.2) is 0 Å². The van der Waals surface area contributed by atoms with Gasteiger partial charge in [0.2, 0.25) is 5.91 Å². The van der Waals surface area contributed by atoms with E-state index in [1.165, 1.54) is 4.88 Å². The van der Waals surface area contributed by atoms with E-state index in [9.17, 15) is 9.90 Å². The number of hydrogen-bond acceptors (Lipinski definition) is 6. The molecule has 0 aromatic carbocycles. The second-order valence-electron chi connectivity index (χ2n) is 8.02. The van der Waals surface area contributed by atoms with Crippen molar-refractivity contribution in [1.29, 1.82) is 0 Å². The van der Waals surface area contributed by atoms with Crippen LogP contribution in [-0.4, -0.2) is 89.7 Å². The van der Waals surface area contributed by atoms with Gasteiger partial charge in [0, 0.05) is 63.2 Å². The summed E-state index contributed by atoms with van der Waals surface area (Å²) in [6, 6.07) is 0.554. The predicted octanol–water partition coefficient (Wildman–Crippen LogP) is 1.62. The second kappa shape index (κ2) is 9.96. The summed E-state index contributed by atoms with van der Waals surface area (Å²) in [7, 11) is 2.19. The molecule has 2 fully saturated rings. The number of hydrogen-bond donors (Lipinski definition) is 1. The van der Waals surface area contributed by atoms with Gasteiger partial charge in [-0.3, -0.25) is 9.69 Å². The number of nitrogens with zero attached hydrogens (tertiary/aromatic N) is 4. The quantitative estimate of drug-likeness (QED) is 0.762. The molecule has 0 aliphatic carbocycles. The Morgan fingerprint density at radius 2 is 2.07 bits per heavy atom. The van der Waals surface area contributed by atoms with Crippen LogP contribution < -0.4 is 0 Å². The number of rotatable bonds is 7. The number of aromatic nitrogens is 1. The fourth-order valence-corrected chi connectivity index (χ4v) is 5.24. The Morgan fingerprint density at radius 3 is 2.74 bits per heavy atom. The molecular weight excluding hydrogens is 360 g/mol. The van der Waals surface area contributed by atoms with Gasteiger partial charge in [0.05, 0.1) is 11.2 Å². The predicted molar refractivity (Wildman–Crippen MR) is 109 cm³/mol. The van der Waals surface area contributed by atoms with E-state index >= 15 is 0 Å². The first kappa shape index (κ1) is 20.7. The van der Waals surface area contributed by atoms with Crippen molar-refractivity contribution in [2.24, 2.45) is 5.92 Å². The molecule has 27 heavy (non-hydrogen) atoms. The highest BCUT2D eigenvalue weighted by atomic mass is 32.1. The van der Waals surface area contributed by atoms with E-state index in [-0.39, 0.29) is 12.5 Å². The molecule has 0 bridgehead atoms. The Hall–Kier alpha value is -1.02. The third kappa shape index (κ3) is 5.50. The lowest BCUT2D eigenvalue weighted by molar-refractivity contribution is -0.134. The molecule has 0 unspecified atom stereocenters. The first-order valence-electron chi connectivity index (χ1n) is 10.3. The van der Waals surface area contributed by atoms with Crippen LogP contribution in [0.4, 0.5) is 0 Å². The first-order valence-corrected chi connectivity index (χ1v) is 11.2. The van der Waals surface area contributed by atoms with E-state index in [4.69, 9.17) is 0 Å². The molecule has 1 aromatic heterocycles. The molecule has 6 nitrogen and oxygen atoms in total. The Balaban J connectivity index is 1.56. The van der Waals surface area contributed by atoms with Gasteiger partial charge in [-0.05, 0) is 45.6 Å². The molecule has 7 heteroatoms. The minimum Gasteiger partial charge on any atom is -0.396 e. The summed E-state index contributed by atoms with van der Waals surface area (Å²) in [6.07, 6.45) is 4.28. The van der Waals surface area contributed by atoms with Crippen molar-refractivity contribution in [3.05, 3.63) is 16.1 Å². The summed E-state index contributed by atoms with van der Waals surface area (Å²) in [4.78, 5) is 25.4. The van der Waals surface area contributed by atoms with Crippen LogP contribution in [0.15, 0.2) is 5.51 Å². The molecule has 0 spiro atoms. The molecule has 2 aliphatic heterocycles. The Kier molecular flexibility index (Phi) is 7.64. The molecule has 3 heterocycles. The van der Waals surface area contributed by atoms with Crippen LogP contribution in [0.5, 0.6) is 0 Å². The van der Waals surface area contributed by atoms with Gasteiger partial charge in [-0.1, -0.05) is 0 Å². The van der Waals surface area contributed by atoms with Crippen molar-refractivity contribution in [2.75, 3.05) is 52.9 Å². The van der Waals surface area contributed by atoms with Crippen LogP contribution in [0, 0.1) is 12.8 Å². The van der Waals surface area contributed by atoms with Gasteiger partial charge in [-0.2, -0.15) is 0 Å². The molecule has 2 aliphatic rings. The van der Waals surface area contributed by atoms with Crippen LogP contribution in [-0.2, 0) is 11.2 Å². The fraction of sp³-hybridized carbons (Fsp3) is 0.800. The number of carbonyl (C=O) groups is 1. The summed E-state index contributed by atoms with van der Waals surface area (Å²) >= 11 is 1.65. The van der Waals surface area contributed by atoms with Crippen LogP contribution in [0.25, 0.3) is 0 Å². The lowest BCUT2D eigenvalue weighted by Gasteiger charge is -2.46. The maximum Gasteiger partial charge on any atom is 0.222 e. The number of aliphatic hydroxyl groups excluding tert-OH is 1. The number of piperidine rings is 1. The van der Waals surface area contributed by atoms with Crippen molar-refractivity contribution in [3.8, 4) is 0 Å². The van der Waals surface area contributed by atoms with Crippen molar-refractivity contribution in [1.82, 2.24) is 19.7 Å². The molecule has 0 radical (unpaired) electrons. The molecule has 2 atom stereocenters. The van der Waals surface area contributed by atoms with E-state index in [0.29, 0.717) is 18.4 Å². The van der Waals surface area contributed by atoms with E-state index in [1.54, 1.807) is 11.3 Å². The molecule has 1 N–H and O–H groups in total. The lowest BCUT2D eigenvalue weighted by Crippen LogP contribution is -2.57. The lowest BCUT2D eigenvalue weighted by atomic mass is 9.86. The van der Waals surface area contributed by atoms with E-state index in [2.05, 4.69) is 26.7 Å². The van der Waals surface area contributed by atoms with Crippen LogP contribution in [0.3, 0.4) is 0 Å². The SMILES string of the molecule is Cc1ncsc1CCC(=O)N1CC[C@@H](N2CCN(C)CC2)[C@@H](CCCO)C1. The Bertz CT molecular complexity index is 601. The second-order valence-corrected chi connectivity index (χ2v) is 8.96. The van der Waals surface area contributed by atoms with Crippen LogP contribution in [0.2, 0.25) is 0 Å². The Labute approximate surface area is 167 Å². The minimum absolute atomic E-state index is 0.241. The number of aliphatic hydroxyl groups is 1. The van der Waals surface area contributed by atoms with Gasteiger partial charge in [0.25, 0.3) is 0 Å². The number of likely N-dealkylation sites (tertiary alicyclic amines) is 1. The maximum absolute atomic E-state index is 12.8. The van der Waals surface area contributed by atoms with E-state index in [1.807, 2.05) is 12.4 Å². The van der Waals surface area contributed by atoms with Crippen molar-refractivity contribution in [2.45, 2.75) is 45.1 Å². The average molecular weight is 395 g/mol. The number of amides is 1. The molecule has 2 saturated heterocycles. The monoisotopic (exact) mass is 394 g/mol. The topological polar surface area (TPSA) is 59.9 Å². The standard InChI is InChI=1S/C20H34N4O2S/c1-16-19(27-15-21-16)5-6-20(26)24-8-7-18(17(14-24)4-3-13-25)23-11-9-22(2)10-12-23/h15,17-18,25H,3-14H2,1-2H3/t17-,18+/m0/s1. The van der Waals surface area contributed by atoms with Gasteiger partial charge < -0.3 is 14.9 Å². The molecule has 0 saturated carbocycles. The summed E-state index contributed by atoms with van der Waals surface area (Å²) in [5.41, 5.74) is 2.92. The summed E-state index contributed by atoms with van der Waals surface area (Å²) in [5, 5.41) is 9.31. The van der Waals surface area contributed by atoms with Crippen LogP contribution >= 0.6 is 11.3 Å². The normalized spacial score (nSPS) is 25.1. The Morgan fingerprint density at radius 1 is 1.30 bits per heavy atom. The number of carbonyl (C=O) groups excluding carboxylic acids is 1. The van der Waals surface area contributed by atoms with E-state index in [0.717, 1.165) is 70.6 Å². The van der Waals surface area contributed by atoms with E-state index < -0.39 is 0 Å². The third-order valence-electron chi connectivity index (χ3n) is 6.20. The molecule has 152 valence electrons. The zero-order valence-electron chi connectivity index (χ0n) is 16.8. The third-order valence-corrected chi connectivity index (χ3v) is 7.19. The minimum atomic E-state index is 0.241. The largest absolute Gasteiger partial charge is 0.396 e. The number of aryl methyl sites for hydroxylation is 2. The van der Waals surface area contributed by atoms with Gasteiger partial charge in [-0.15, -0.1) is 11.3 Å². The molecule has 3 rings (SSSR count).